The molecule has 6 nitrogen and oxygen atoms in total. The zero-order chi connectivity index (χ0) is 18.4. The number of benzene rings is 1. The quantitative estimate of drug-likeness (QED) is 0.733. The Bertz CT molecular complexity index is 699. The zero-order valence-electron chi connectivity index (χ0n) is 15.6. The predicted molar refractivity (Wildman–Crippen MR) is 104 cm³/mol. The van der Waals surface area contributed by atoms with E-state index >= 15 is 0 Å². The Morgan fingerprint density at radius 3 is 2.77 bits per heavy atom. The van der Waals surface area contributed by atoms with E-state index in [0.29, 0.717) is 25.1 Å². The molecule has 0 saturated carbocycles. The number of aryl methyl sites for hydroxylation is 1. The van der Waals surface area contributed by atoms with Crippen molar-refractivity contribution in [2.45, 2.75) is 32.1 Å². The van der Waals surface area contributed by atoms with Gasteiger partial charge in [-0.05, 0) is 37.0 Å². The van der Waals surface area contributed by atoms with E-state index in [1.807, 2.05) is 25.2 Å². The monoisotopic (exact) mass is 356 g/mol. The van der Waals surface area contributed by atoms with Gasteiger partial charge in [0, 0.05) is 32.2 Å². The predicted octanol–water partition coefficient (Wildman–Crippen LogP) is 3.03. The van der Waals surface area contributed by atoms with Crippen LogP contribution in [0.15, 0.2) is 30.3 Å². The summed E-state index contributed by atoms with van der Waals surface area (Å²) >= 11 is 0. The van der Waals surface area contributed by atoms with Crippen LogP contribution in [0, 0.1) is 0 Å². The van der Waals surface area contributed by atoms with Gasteiger partial charge in [0.15, 0.2) is 0 Å². The molecule has 1 saturated heterocycles. The molecule has 1 aromatic heterocycles. The highest BCUT2D eigenvalue weighted by atomic mass is 16.5. The van der Waals surface area contributed by atoms with Gasteiger partial charge in [-0.2, -0.15) is 4.98 Å². The molecule has 3 rings (SSSR count). The van der Waals surface area contributed by atoms with E-state index in [1.165, 1.54) is 5.56 Å². The summed E-state index contributed by atoms with van der Waals surface area (Å²) in [5.41, 5.74) is 8.20. The first-order valence-electron chi connectivity index (χ1n) is 9.30. The SMILES string of the molecule is CCc1ccc(OCCCN(C)c2cc(C3CCOC3)nc(N)n2)cc1. The molecule has 1 unspecified atom stereocenters. The van der Waals surface area contributed by atoms with Gasteiger partial charge < -0.3 is 20.1 Å². The Morgan fingerprint density at radius 1 is 1.27 bits per heavy atom. The minimum atomic E-state index is 0.321. The Morgan fingerprint density at radius 2 is 2.08 bits per heavy atom. The van der Waals surface area contributed by atoms with Crippen LogP contribution in [0.5, 0.6) is 5.75 Å². The van der Waals surface area contributed by atoms with Gasteiger partial charge in [-0.3, -0.25) is 0 Å². The van der Waals surface area contributed by atoms with Crippen LogP contribution in [0.4, 0.5) is 11.8 Å². The number of rotatable bonds is 8. The molecule has 0 amide bonds. The highest BCUT2D eigenvalue weighted by molar-refractivity contribution is 5.43. The molecule has 26 heavy (non-hydrogen) atoms. The van der Waals surface area contributed by atoms with Crippen LogP contribution in [0.2, 0.25) is 0 Å². The van der Waals surface area contributed by atoms with E-state index in [0.717, 1.165) is 49.7 Å². The van der Waals surface area contributed by atoms with Crippen molar-refractivity contribution in [2.24, 2.45) is 0 Å². The maximum absolute atomic E-state index is 5.90. The van der Waals surface area contributed by atoms with Crippen molar-refractivity contribution in [2.75, 3.05) is 44.0 Å². The Labute approximate surface area is 155 Å². The number of ether oxygens (including phenoxy) is 2. The standard InChI is InChI=1S/C20H28N4O2/c1-3-15-5-7-17(8-6-15)26-11-4-10-24(2)19-13-18(22-20(21)23-19)16-9-12-25-14-16/h5-8,13,16H,3-4,9-12,14H2,1-2H3,(H2,21,22,23). The van der Waals surface area contributed by atoms with E-state index in [4.69, 9.17) is 15.2 Å². The van der Waals surface area contributed by atoms with Crippen LogP contribution in [0.3, 0.4) is 0 Å². The second-order valence-corrected chi connectivity index (χ2v) is 6.69. The fourth-order valence-corrected chi connectivity index (χ4v) is 3.07. The highest BCUT2D eigenvalue weighted by Gasteiger charge is 2.21. The van der Waals surface area contributed by atoms with E-state index < -0.39 is 0 Å². The van der Waals surface area contributed by atoms with Crippen molar-refractivity contribution < 1.29 is 9.47 Å². The van der Waals surface area contributed by atoms with Gasteiger partial charge in [0.05, 0.1) is 18.9 Å². The van der Waals surface area contributed by atoms with Crippen LogP contribution in [-0.2, 0) is 11.2 Å². The summed E-state index contributed by atoms with van der Waals surface area (Å²) < 4.78 is 11.3. The average molecular weight is 356 g/mol. The lowest BCUT2D eigenvalue weighted by Crippen LogP contribution is -2.22. The molecular formula is C20H28N4O2. The van der Waals surface area contributed by atoms with Crippen LogP contribution in [0.25, 0.3) is 0 Å². The number of nitrogen functional groups attached to an aromatic ring is 1. The average Bonchev–Trinajstić information content (AvgIpc) is 3.20. The number of hydrogen-bond donors (Lipinski definition) is 1. The second-order valence-electron chi connectivity index (χ2n) is 6.69. The van der Waals surface area contributed by atoms with Gasteiger partial charge in [-0.25, -0.2) is 4.98 Å². The van der Waals surface area contributed by atoms with E-state index in [-0.39, 0.29) is 0 Å². The first-order chi connectivity index (χ1) is 12.7. The lowest BCUT2D eigenvalue weighted by atomic mass is 10.0. The third-order valence-corrected chi connectivity index (χ3v) is 4.73. The van der Waals surface area contributed by atoms with Gasteiger partial charge in [0.25, 0.3) is 0 Å². The van der Waals surface area contributed by atoms with E-state index in [1.54, 1.807) is 0 Å². The van der Waals surface area contributed by atoms with E-state index in [9.17, 15) is 0 Å². The van der Waals surface area contributed by atoms with Crippen molar-refractivity contribution in [1.82, 2.24) is 9.97 Å². The molecule has 0 aliphatic carbocycles. The highest BCUT2D eigenvalue weighted by Crippen LogP contribution is 2.26. The van der Waals surface area contributed by atoms with Crippen molar-refractivity contribution in [1.29, 1.82) is 0 Å². The Hall–Kier alpha value is -2.34. The van der Waals surface area contributed by atoms with Crippen molar-refractivity contribution in [3.63, 3.8) is 0 Å². The summed E-state index contributed by atoms with van der Waals surface area (Å²) in [6, 6.07) is 10.3. The smallest absolute Gasteiger partial charge is 0.222 e. The van der Waals surface area contributed by atoms with Gasteiger partial charge in [-0.15, -0.1) is 0 Å². The van der Waals surface area contributed by atoms with Gasteiger partial charge in [0.2, 0.25) is 5.95 Å². The summed E-state index contributed by atoms with van der Waals surface area (Å²) in [6.07, 6.45) is 2.93. The van der Waals surface area contributed by atoms with Crippen LogP contribution < -0.4 is 15.4 Å². The lowest BCUT2D eigenvalue weighted by Gasteiger charge is -2.20. The molecule has 1 atom stereocenters. The third-order valence-electron chi connectivity index (χ3n) is 4.73. The van der Waals surface area contributed by atoms with Crippen LogP contribution in [0.1, 0.15) is 36.9 Å². The molecule has 6 heteroatoms. The molecule has 0 spiro atoms. The zero-order valence-corrected chi connectivity index (χ0v) is 15.6. The van der Waals surface area contributed by atoms with Gasteiger partial charge >= 0.3 is 0 Å². The maximum atomic E-state index is 5.90. The largest absolute Gasteiger partial charge is 0.494 e. The van der Waals surface area contributed by atoms with Crippen LogP contribution in [-0.4, -0.2) is 43.4 Å². The van der Waals surface area contributed by atoms with Crippen LogP contribution >= 0.6 is 0 Å². The fourth-order valence-electron chi connectivity index (χ4n) is 3.07. The third kappa shape index (κ3) is 4.85. The second kappa shape index (κ2) is 8.85. The molecule has 2 N–H and O–H groups in total. The van der Waals surface area contributed by atoms with E-state index in [2.05, 4.69) is 33.9 Å². The number of hydrogen-bond acceptors (Lipinski definition) is 6. The molecule has 2 aromatic rings. The molecule has 140 valence electrons. The number of nitrogens with zero attached hydrogens (tertiary/aromatic N) is 3. The summed E-state index contributed by atoms with van der Waals surface area (Å²) in [6.45, 7) is 5.15. The molecule has 1 aliphatic rings. The lowest BCUT2D eigenvalue weighted by molar-refractivity contribution is 0.193. The minimum absolute atomic E-state index is 0.321. The molecular weight excluding hydrogens is 328 g/mol. The normalized spacial score (nSPS) is 16.6. The van der Waals surface area contributed by atoms with Gasteiger partial charge in [-0.1, -0.05) is 19.1 Å². The summed E-state index contributed by atoms with van der Waals surface area (Å²) in [5.74, 6) is 2.41. The maximum Gasteiger partial charge on any atom is 0.222 e. The first-order valence-corrected chi connectivity index (χ1v) is 9.30. The molecule has 2 heterocycles. The summed E-state index contributed by atoms with van der Waals surface area (Å²) in [4.78, 5) is 10.9. The fraction of sp³-hybridized carbons (Fsp3) is 0.500. The Kier molecular flexibility index (Phi) is 6.28. The molecule has 1 aromatic carbocycles. The molecule has 0 radical (unpaired) electrons. The summed E-state index contributed by atoms with van der Waals surface area (Å²) in [7, 11) is 2.02. The number of anilines is 2. The molecule has 1 aliphatic heterocycles. The Balaban J connectivity index is 1.50. The number of nitrogens with two attached hydrogens (primary N) is 1. The number of aromatic nitrogens is 2. The van der Waals surface area contributed by atoms with Crippen molar-refractivity contribution in [3.05, 3.63) is 41.6 Å². The van der Waals surface area contributed by atoms with Crippen molar-refractivity contribution in [3.8, 4) is 5.75 Å². The molecule has 1 fully saturated rings. The molecule has 0 bridgehead atoms. The minimum Gasteiger partial charge on any atom is -0.494 e. The summed E-state index contributed by atoms with van der Waals surface area (Å²) in [5, 5.41) is 0. The van der Waals surface area contributed by atoms with Gasteiger partial charge in [0.1, 0.15) is 11.6 Å². The first kappa shape index (κ1) is 18.5. The topological polar surface area (TPSA) is 73.5 Å². The van der Waals surface area contributed by atoms with Crippen molar-refractivity contribution >= 4 is 11.8 Å².